The van der Waals surface area contributed by atoms with Gasteiger partial charge >= 0.3 is 5.97 Å². The van der Waals surface area contributed by atoms with Crippen molar-refractivity contribution in [3.05, 3.63) is 12.2 Å². The Morgan fingerprint density at radius 3 is 2.57 bits per heavy atom. The molecule has 1 unspecified atom stereocenters. The van der Waals surface area contributed by atoms with Gasteiger partial charge in [-0.2, -0.15) is 0 Å². The second kappa shape index (κ2) is 8.72. The van der Waals surface area contributed by atoms with Crippen molar-refractivity contribution in [3.63, 3.8) is 0 Å². The van der Waals surface area contributed by atoms with Gasteiger partial charge in [0, 0.05) is 6.08 Å². The molecule has 4 nitrogen and oxygen atoms in total. The Kier molecular flexibility index (Phi) is 8.17. The molecule has 4 heteroatoms. The molecule has 0 aromatic heterocycles. The van der Waals surface area contributed by atoms with Crippen LogP contribution in [0.5, 0.6) is 0 Å². The molecule has 0 aliphatic heterocycles. The Balaban J connectivity index is 3.18. The molecule has 0 fully saturated rings. The summed E-state index contributed by atoms with van der Waals surface area (Å²) in [4.78, 5) is 10.1. The molecule has 0 rings (SSSR count). The third-order valence-corrected chi connectivity index (χ3v) is 1.88. The fourth-order valence-electron chi connectivity index (χ4n) is 1.09. The van der Waals surface area contributed by atoms with Gasteiger partial charge in [0.2, 0.25) is 0 Å². The van der Waals surface area contributed by atoms with Gasteiger partial charge in [0.15, 0.2) is 0 Å². The van der Waals surface area contributed by atoms with Crippen LogP contribution in [0.25, 0.3) is 0 Å². The molecule has 0 radical (unpaired) electrons. The molecular formula is C10H18O4. The minimum absolute atomic E-state index is 0.182. The highest BCUT2D eigenvalue weighted by Crippen LogP contribution is 2.05. The molecule has 0 amide bonds. The van der Waals surface area contributed by atoms with Gasteiger partial charge < -0.3 is 15.3 Å². The van der Waals surface area contributed by atoms with Crippen LogP contribution in [-0.2, 0) is 4.79 Å². The monoisotopic (exact) mass is 202 g/mol. The van der Waals surface area contributed by atoms with Gasteiger partial charge in [0.05, 0.1) is 12.7 Å². The van der Waals surface area contributed by atoms with E-state index in [1.165, 1.54) is 0 Å². The Morgan fingerprint density at radius 1 is 1.29 bits per heavy atom. The molecule has 0 aromatic carbocycles. The molecule has 0 spiro atoms. The van der Waals surface area contributed by atoms with Crippen molar-refractivity contribution in [2.24, 2.45) is 0 Å². The largest absolute Gasteiger partial charge is 0.478 e. The molecule has 14 heavy (non-hydrogen) atoms. The predicted molar refractivity (Wildman–Crippen MR) is 53.0 cm³/mol. The average Bonchev–Trinajstić information content (AvgIpc) is 2.15. The van der Waals surface area contributed by atoms with E-state index < -0.39 is 12.1 Å². The Bertz CT molecular complexity index is 177. The van der Waals surface area contributed by atoms with E-state index in [2.05, 4.69) is 0 Å². The first-order valence-corrected chi connectivity index (χ1v) is 4.85. The molecule has 0 aliphatic rings. The number of rotatable bonds is 8. The molecular weight excluding hydrogens is 184 g/mol. The van der Waals surface area contributed by atoms with E-state index in [4.69, 9.17) is 15.3 Å². The van der Waals surface area contributed by atoms with Crippen molar-refractivity contribution in [1.82, 2.24) is 0 Å². The zero-order valence-corrected chi connectivity index (χ0v) is 8.22. The molecule has 0 saturated heterocycles. The normalized spacial score (nSPS) is 13.3. The highest BCUT2D eigenvalue weighted by Gasteiger charge is 1.99. The Morgan fingerprint density at radius 2 is 2.00 bits per heavy atom. The number of aliphatic hydroxyl groups is 2. The minimum atomic E-state index is -0.916. The summed E-state index contributed by atoms with van der Waals surface area (Å²) in [6.07, 6.45) is 6.25. The van der Waals surface area contributed by atoms with Gasteiger partial charge in [-0.3, -0.25) is 0 Å². The SMILES string of the molecule is O=C(O)/C=C/CCCCCC(O)CO. The van der Waals surface area contributed by atoms with Gasteiger partial charge in [-0.25, -0.2) is 4.79 Å². The first-order valence-electron chi connectivity index (χ1n) is 4.85. The summed E-state index contributed by atoms with van der Waals surface area (Å²) in [5.74, 6) is -0.916. The van der Waals surface area contributed by atoms with E-state index in [-0.39, 0.29) is 6.61 Å². The summed E-state index contributed by atoms with van der Waals surface area (Å²) in [7, 11) is 0. The van der Waals surface area contributed by atoms with Crippen molar-refractivity contribution in [1.29, 1.82) is 0 Å². The van der Waals surface area contributed by atoms with Crippen LogP contribution in [0.4, 0.5) is 0 Å². The Hall–Kier alpha value is -0.870. The van der Waals surface area contributed by atoms with E-state index in [0.717, 1.165) is 31.8 Å². The molecule has 0 heterocycles. The lowest BCUT2D eigenvalue weighted by molar-refractivity contribution is -0.131. The maximum absolute atomic E-state index is 10.1. The summed E-state index contributed by atoms with van der Waals surface area (Å²) >= 11 is 0. The third-order valence-electron chi connectivity index (χ3n) is 1.88. The molecule has 0 bridgehead atoms. The molecule has 1 atom stereocenters. The maximum atomic E-state index is 10.1. The maximum Gasteiger partial charge on any atom is 0.327 e. The second-order valence-electron chi connectivity index (χ2n) is 3.22. The highest BCUT2D eigenvalue weighted by atomic mass is 16.4. The van der Waals surface area contributed by atoms with Gasteiger partial charge in [0.1, 0.15) is 0 Å². The van der Waals surface area contributed by atoms with Crippen molar-refractivity contribution >= 4 is 5.97 Å². The fraction of sp³-hybridized carbons (Fsp3) is 0.700. The summed E-state index contributed by atoms with van der Waals surface area (Å²) in [6.45, 7) is -0.182. The smallest absolute Gasteiger partial charge is 0.327 e. The van der Waals surface area contributed by atoms with E-state index in [1.807, 2.05) is 0 Å². The summed E-state index contributed by atoms with van der Waals surface area (Å²) in [6, 6.07) is 0. The molecule has 82 valence electrons. The van der Waals surface area contributed by atoms with Crippen LogP contribution in [0.1, 0.15) is 32.1 Å². The minimum Gasteiger partial charge on any atom is -0.478 e. The molecule has 0 aromatic rings. The van der Waals surface area contributed by atoms with Crippen LogP contribution in [0, 0.1) is 0 Å². The van der Waals surface area contributed by atoms with E-state index >= 15 is 0 Å². The lowest BCUT2D eigenvalue weighted by atomic mass is 10.1. The van der Waals surface area contributed by atoms with Gasteiger partial charge in [0.25, 0.3) is 0 Å². The predicted octanol–water partition coefficient (Wildman–Crippen LogP) is 0.931. The lowest BCUT2D eigenvalue weighted by Crippen LogP contribution is -2.10. The Labute approximate surface area is 83.9 Å². The lowest BCUT2D eigenvalue weighted by Gasteiger charge is -2.05. The van der Waals surface area contributed by atoms with Crippen LogP contribution in [0.2, 0.25) is 0 Å². The number of aliphatic carboxylic acids is 1. The topological polar surface area (TPSA) is 77.8 Å². The number of allylic oxidation sites excluding steroid dienone is 1. The van der Waals surface area contributed by atoms with E-state index in [0.29, 0.717) is 6.42 Å². The molecule has 3 N–H and O–H groups in total. The summed E-state index contributed by atoms with van der Waals surface area (Å²) < 4.78 is 0. The van der Waals surface area contributed by atoms with Crippen molar-refractivity contribution in [2.45, 2.75) is 38.2 Å². The van der Waals surface area contributed by atoms with Crippen LogP contribution >= 0.6 is 0 Å². The number of carboxylic acids is 1. The van der Waals surface area contributed by atoms with Crippen molar-refractivity contribution < 1.29 is 20.1 Å². The second-order valence-corrected chi connectivity index (χ2v) is 3.22. The zero-order valence-electron chi connectivity index (χ0n) is 8.22. The fourth-order valence-corrected chi connectivity index (χ4v) is 1.09. The number of unbranched alkanes of at least 4 members (excludes halogenated alkanes) is 3. The first kappa shape index (κ1) is 13.1. The zero-order chi connectivity index (χ0) is 10.8. The highest BCUT2D eigenvalue weighted by molar-refractivity contribution is 5.79. The number of carbonyl (C=O) groups is 1. The van der Waals surface area contributed by atoms with Gasteiger partial charge in [-0.1, -0.05) is 18.9 Å². The van der Waals surface area contributed by atoms with E-state index in [9.17, 15) is 4.79 Å². The number of hydrogen-bond donors (Lipinski definition) is 3. The van der Waals surface area contributed by atoms with Gasteiger partial charge in [-0.15, -0.1) is 0 Å². The summed E-state index contributed by atoms with van der Waals surface area (Å²) in [5, 5.41) is 25.8. The van der Waals surface area contributed by atoms with Crippen LogP contribution in [0.3, 0.4) is 0 Å². The summed E-state index contributed by atoms with van der Waals surface area (Å²) in [5.41, 5.74) is 0. The van der Waals surface area contributed by atoms with Crippen LogP contribution in [0.15, 0.2) is 12.2 Å². The van der Waals surface area contributed by atoms with Crippen LogP contribution < -0.4 is 0 Å². The van der Waals surface area contributed by atoms with Gasteiger partial charge in [-0.05, 0) is 19.3 Å². The average molecular weight is 202 g/mol. The molecule has 0 aliphatic carbocycles. The standard InChI is InChI=1S/C10H18O4/c11-8-9(12)6-4-2-1-3-5-7-10(13)14/h5,7,9,11-12H,1-4,6,8H2,(H,13,14)/b7-5+. The number of aliphatic hydroxyl groups excluding tert-OH is 2. The quantitative estimate of drug-likeness (QED) is 0.404. The number of carboxylic acid groups (broad SMARTS) is 1. The first-order chi connectivity index (χ1) is 6.66. The van der Waals surface area contributed by atoms with E-state index in [1.54, 1.807) is 6.08 Å². The van der Waals surface area contributed by atoms with Crippen LogP contribution in [-0.4, -0.2) is 34.0 Å². The number of hydrogen-bond acceptors (Lipinski definition) is 3. The molecule has 0 saturated carbocycles. The van der Waals surface area contributed by atoms with Crippen molar-refractivity contribution in [2.75, 3.05) is 6.61 Å². The van der Waals surface area contributed by atoms with Crippen molar-refractivity contribution in [3.8, 4) is 0 Å². The third kappa shape index (κ3) is 9.22.